The van der Waals surface area contributed by atoms with Crippen molar-refractivity contribution in [3.05, 3.63) is 29.1 Å². The second kappa shape index (κ2) is 5.03. The molecule has 1 aliphatic rings. The first kappa shape index (κ1) is 14.2. The van der Waals surface area contributed by atoms with Crippen LogP contribution < -0.4 is 0 Å². The van der Waals surface area contributed by atoms with Crippen LogP contribution in [0.4, 0.5) is 0 Å². The molecule has 1 aromatic rings. The van der Waals surface area contributed by atoms with Crippen molar-refractivity contribution >= 4 is 17.7 Å². The number of hydrogen-bond donors (Lipinski definition) is 1. The molecule has 0 saturated heterocycles. The van der Waals surface area contributed by atoms with Gasteiger partial charge in [-0.2, -0.15) is 0 Å². The summed E-state index contributed by atoms with van der Waals surface area (Å²) in [6.07, 6.45) is 1.57. The Kier molecular flexibility index (Phi) is 3.57. The third-order valence-corrected chi connectivity index (χ3v) is 3.26. The lowest BCUT2D eigenvalue weighted by Crippen LogP contribution is -2.34. The van der Waals surface area contributed by atoms with Gasteiger partial charge in [0.05, 0.1) is 5.56 Å². The van der Waals surface area contributed by atoms with Gasteiger partial charge in [-0.1, -0.05) is 13.8 Å². The molecule has 0 aliphatic carbocycles. The molecule has 0 fully saturated rings. The van der Waals surface area contributed by atoms with Crippen LogP contribution in [0.25, 0.3) is 0 Å². The van der Waals surface area contributed by atoms with E-state index in [0.717, 1.165) is 5.56 Å². The third kappa shape index (κ3) is 2.29. The summed E-state index contributed by atoms with van der Waals surface area (Å²) < 4.78 is 0. The Morgan fingerprint density at radius 3 is 2.60 bits per heavy atom. The average molecular weight is 275 g/mol. The van der Waals surface area contributed by atoms with Gasteiger partial charge in [0.1, 0.15) is 11.7 Å². The van der Waals surface area contributed by atoms with Gasteiger partial charge in [0.15, 0.2) is 5.84 Å². The summed E-state index contributed by atoms with van der Waals surface area (Å²) in [5.74, 6) is -0.825. The molecule has 1 amide bonds. The van der Waals surface area contributed by atoms with Gasteiger partial charge < -0.3 is 5.11 Å². The second-order valence-electron chi connectivity index (χ2n) is 5.25. The third-order valence-electron chi connectivity index (χ3n) is 3.26. The first-order chi connectivity index (χ1) is 9.32. The molecule has 6 heteroatoms. The largest absolute Gasteiger partial charge is 0.478 e. The van der Waals surface area contributed by atoms with Crippen LogP contribution in [0.2, 0.25) is 0 Å². The molecule has 6 nitrogen and oxygen atoms in total. The monoisotopic (exact) mass is 275 g/mol. The summed E-state index contributed by atoms with van der Waals surface area (Å²) in [7, 11) is 1.59. The highest BCUT2D eigenvalue weighted by Gasteiger charge is 2.36. The fraction of sp³-hybridized carbons (Fsp3) is 0.429. The molecule has 2 rings (SSSR count). The van der Waals surface area contributed by atoms with E-state index in [4.69, 9.17) is 0 Å². The first-order valence-electron chi connectivity index (χ1n) is 6.38. The number of rotatable bonds is 3. The van der Waals surface area contributed by atoms with Crippen LogP contribution in [0.1, 0.15) is 35.5 Å². The zero-order valence-corrected chi connectivity index (χ0v) is 11.9. The first-order valence-corrected chi connectivity index (χ1v) is 6.38. The van der Waals surface area contributed by atoms with E-state index in [0.29, 0.717) is 5.84 Å². The fourth-order valence-electron chi connectivity index (χ4n) is 2.14. The van der Waals surface area contributed by atoms with E-state index in [1.54, 1.807) is 20.2 Å². The van der Waals surface area contributed by atoms with E-state index < -0.39 is 12.0 Å². The zero-order chi connectivity index (χ0) is 15.0. The van der Waals surface area contributed by atoms with Crippen molar-refractivity contribution in [1.82, 2.24) is 9.88 Å². The van der Waals surface area contributed by atoms with Crippen molar-refractivity contribution in [2.75, 3.05) is 7.05 Å². The number of pyridine rings is 1. The number of carbonyl (C=O) groups is 2. The molecule has 20 heavy (non-hydrogen) atoms. The number of aromatic carboxylic acids is 1. The lowest BCUT2D eigenvalue weighted by Gasteiger charge is -2.14. The molecule has 2 heterocycles. The smallest absolute Gasteiger partial charge is 0.338 e. The maximum atomic E-state index is 12.1. The van der Waals surface area contributed by atoms with Crippen LogP contribution in [-0.2, 0) is 4.79 Å². The molecular formula is C14H17N3O3. The van der Waals surface area contributed by atoms with Gasteiger partial charge in [-0.3, -0.25) is 19.7 Å². The Labute approximate surface area is 117 Å². The number of carboxylic acid groups (broad SMARTS) is 1. The summed E-state index contributed by atoms with van der Waals surface area (Å²) >= 11 is 0. The molecule has 1 aromatic heterocycles. The minimum absolute atomic E-state index is 0.0566. The molecule has 1 unspecified atom stereocenters. The van der Waals surface area contributed by atoms with Crippen LogP contribution in [0.3, 0.4) is 0 Å². The van der Waals surface area contributed by atoms with Gasteiger partial charge in [-0.15, -0.1) is 0 Å². The number of carboxylic acids is 1. The van der Waals surface area contributed by atoms with Crippen molar-refractivity contribution < 1.29 is 14.7 Å². The number of amidine groups is 1. The summed E-state index contributed by atoms with van der Waals surface area (Å²) in [6.45, 7) is 5.58. The SMILES string of the molecule is Cc1cnc(C2=NC(C(C)C)C(=O)N2C)c(C(=O)O)c1. The van der Waals surface area contributed by atoms with Crippen LogP contribution in [0, 0.1) is 12.8 Å². The van der Waals surface area contributed by atoms with Gasteiger partial charge in [0.2, 0.25) is 0 Å². The summed E-state index contributed by atoms with van der Waals surface area (Å²) in [5.41, 5.74) is 1.05. The minimum atomic E-state index is -1.08. The summed E-state index contributed by atoms with van der Waals surface area (Å²) in [4.78, 5) is 33.3. The predicted octanol–water partition coefficient (Wildman–Crippen LogP) is 1.33. The average Bonchev–Trinajstić information content (AvgIpc) is 2.66. The van der Waals surface area contributed by atoms with E-state index in [9.17, 15) is 14.7 Å². The van der Waals surface area contributed by atoms with Gasteiger partial charge in [0, 0.05) is 13.2 Å². The van der Waals surface area contributed by atoms with Gasteiger partial charge in [0.25, 0.3) is 5.91 Å². The van der Waals surface area contributed by atoms with E-state index in [2.05, 4.69) is 9.98 Å². The standard InChI is InChI=1S/C14H17N3O3/c1-7(2)10-13(18)17(4)12(16-10)11-9(14(19)20)5-8(3)6-15-11/h5-7,10H,1-4H3,(H,19,20). The number of amides is 1. The van der Waals surface area contributed by atoms with Crippen molar-refractivity contribution in [2.45, 2.75) is 26.8 Å². The number of hydrogen-bond acceptors (Lipinski definition) is 4. The topological polar surface area (TPSA) is 82.9 Å². The Morgan fingerprint density at radius 1 is 1.45 bits per heavy atom. The quantitative estimate of drug-likeness (QED) is 0.902. The molecule has 1 atom stereocenters. The number of likely N-dealkylation sites (N-methyl/N-ethyl adjacent to an activating group) is 1. The van der Waals surface area contributed by atoms with Crippen molar-refractivity contribution in [2.24, 2.45) is 10.9 Å². The Bertz CT molecular complexity index is 608. The van der Waals surface area contributed by atoms with Crippen molar-refractivity contribution in [1.29, 1.82) is 0 Å². The number of carbonyl (C=O) groups excluding carboxylic acids is 1. The summed E-state index contributed by atoms with van der Waals surface area (Å²) in [5, 5.41) is 9.28. The lowest BCUT2D eigenvalue weighted by molar-refractivity contribution is -0.127. The highest BCUT2D eigenvalue weighted by atomic mass is 16.4. The predicted molar refractivity (Wildman–Crippen MR) is 73.9 cm³/mol. The van der Waals surface area contributed by atoms with Crippen molar-refractivity contribution in [3.63, 3.8) is 0 Å². The van der Waals surface area contributed by atoms with E-state index in [1.165, 1.54) is 11.0 Å². The molecule has 0 bridgehead atoms. The van der Waals surface area contributed by atoms with Crippen LogP contribution in [-0.4, -0.2) is 45.8 Å². The molecule has 1 aliphatic heterocycles. The van der Waals surface area contributed by atoms with Crippen LogP contribution >= 0.6 is 0 Å². The normalized spacial score (nSPS) is 18.6. The summed E-state index contributed by atoms with van der Waals surface area (Å²) in [6, 6.07) is 1.06. The van der Waals surface area contributed by atoms with Crippen LogP contribution in [0.5, 0.6) is 0 Å². The number of aromatic nitrogens is 1. The highest BCUT2D eigenvalue weighted by molar-refractivity contribution is 6.15. The Morgan fingerprint density at radius 2 is 2.10 bits per heavy atom. The Hall–Kier alpha value is -2.24. The molecular weight excluding hydrogens is 258 g/mol. The number of aliphatic imine (C=N–C) groups is 1. The van der Waals surface area contributed by atoms with Crippen molar-refractivity contribution in [3.8, 4) is 0 Å². The molecule has 1 N–H and O–H groups in total. The second-order valence-corrected chi connectivity index (χ2v) is 5.25. The molecule has 0 spiro atoms. The molecule has 106 valence electrons. The molecule has 0 aromatic carbocycles. The van der Waals surface area contributed by atoms with E-state index in [-0.39, 0.29) is 23.1 Å². The lowest BCUT2D eigenvalue weighted by atomic mass is 10.1. The van der Waals surface area contributed by atoms with Gasteiger partial charge >= 0.3 is 5.97 Å². The molecule has 0 saturated carbocycles. The number of nitrogens with zero attached hydrogens (tertiary/aromatic N) is 3. The van der Waals surface area contributed by atoms with E-state index >= 15 is 0 Å². The highest BCUT2D eigenvalue weighted by Crippen LogP contribution is 2.22. The van der Waals surface area contributed by atoms with E-state index in [1.807, 2.05) is 13.8 Å². The Balaban J connectivity index is 2.54. The van der Waals surface area contributed by atoms with Crippen LogP contribution in [0.15, 0.2) is 17.3 Å². The van der Waals surface area contributed by atoms with Gasteiger partial charge in [-0.25, -0.2) is 4.79 Å². The fourth-order valence-corrected chi connectivity index (χ4v) is 2.14. The maximum absolute atomic E-state index is 12.1. The maximum Gasteiger partial charge on any atom is 0.338 e. The minimum Gasteiger partial charge on any atom is -0.478 e. The molecule has 0 radical (unpaired) electrons. The zero-order valence-electron chi connectivity index (χ0n) is 11.9. The van der Waals surface area contributed by atoms with Gasteiger partial charge in [-0.05, 0) is 24.5 Å². The number of aryl methyl sites for hydroxylation is 1.